The van der Waals surface area contributed by atoms with Crippen LogP contribution >= 0.6 is 11.6 Å². The molecule has 8 heteroatoms. The average molecular weight is 423 g/mol. The molecule has 6 atom stereocenters. The van der Waals surface area contributed by atoms with Crippen LogP contribution in [0, 0.1) is 0 Å². The van der Waals surface area contributed by atoms with Gasteiger partial charge >= 0.3 is 0 Å². The topological polar surface area (TPSA) is 109 Å². The van der Waals surface area contributed by atoms with E-state index in [4.69, 9.17) is 25.8 Å². The lowest BCUT2D eigenvalue weighted by Gasteiger charge is -2.46. The van der Waals surface area contributed by atoms with Gasteiger partial charge in [0.2, 0.25) is 0 Å². The van der Waals surface area contributed by atoms with Gasteiger partial charge in [-0.2, -0.15) is 0 Å². The molecule has 7 nitrogen and oxygen atoms in total. The summed E-state index contributed by atoms with van der Waals surface area (Å²) in [7, 11) is 1.61. The van der Waals surface area contributed by atoms with E-state index in [1.807, 2.05) is 30.3 Å². The van der Waals surface area contributed by atoms with Crippen LogP contribution < -0.4 is 4.74 Å². The summed E-state index contributed by atoms with van der Waals surface area (Å²) in [6, 6.07) is 11.1. The minimum atomic E-state index is -1.32. The molecule has 6 unspecified atom stereocenters. The third-order valence-electron chi connectivity index (χ3n) is 5.53. The number of fused-ring (bicyclic) bond motifs is 3. The molecule has 4 rings (SSSR count). The Bertz CT molecular complexity index is 872. The highest BCUT2D eigenvalue weighted by Crippen LogP contribution is 2.45. The molecule has 0 aromatic heterocycles. The molecule has 0 saturated carbocycles. The predicted octanol–water partition coefficient (Wildman–Crippen LogP) is 1.48. The van der Waals surface area contributed by atoms with Crippen LogP contribution in [0.4, 0.5) is 0 Å². The van der Waals surface area contributed by atoms with E-state index in [9.17, 15) is 20.4 Å². The summed E-state index contributed by atoms with van der Waals surface area (Å²) in [5.41, 5.74) is 2.89. The fraction of sp³-hybridized carbons (Fsp3) is 0.429. The molecular weight excluding hydrogens is 400 g/mol. The van der Waals surface area contributed by atoms with Crippen molar-refractivity contribution in [1.82, 2.24) is 0 Å². The van der Waals surface area contributed by atoms with Crippen LogP contribution in [0.3, 0.4) is 0 Å². The average Bonchev–Trinajstić information content (AvgIpc) is 2.73. The van der Waals surface area contributed by atoms with Crippen molar-refractivity contribution in [2.45, 2.75) is 43.2 Å². The monoisotopic (exact) mass is 422 g/mol. The van der Waals surface area contributed by atoms with Crippen molar-refractivity contribution in [2.75, 3.05) is 13.7 Å². The molecule has 0 radical (unpaired) electrons. The smallest absolute Gasteiger partial charge is 0.182 e. The van der Waals surface area contributed by atoms with Gasteiger partial charge in [0.1, 0.15) is 36.3 Å². The fourth-order valence-corrected chi connectivity index (χ4v) is 4.17. The molecule has 156 valence electrons. The summed E-state index contributed by atoms with van der Waals surface area (Å²) < 4.78 is 16.5. The molecule has 0 spiro atoms. The normalized spacial score (nSPS) is 31.1. The summed E-state index contributed by atoms with van der Waals surface area (Å²) in [6.45, 7) is -0.453. The highest BCUT2D eigenvalue weighted by Gasteiger charge is 2.49. The van der Waals surface area contributed by atoms with Gasteiger partial charge in [0.25, 0.3) is 0 Å². The first-order valence-electron chi connectivity index (χ1n) is 9.34. The first kappa shape index (κ1) is 20.6. The van der Waals surface area contributed by atoms with E-state index >= 15 is 0 Å². The number of halogens is 1. The first-order chi connectivity index (χ1) is 13.9. The molecule has 2 aromatic rings. The number of hydrogen-bond acceptors (Lipinski definition) is 7. The van der Waals surface area contributed by atoms with E-state index in [0.29, 0.717) is 22.6 Å². The maximum Gasteiger partial charge on any atom is 0.182 e. The second-order valence-electron chi connectivity index (χ2n) is 7.31. The van der Waals surface area contributed by atoms with Gasteiger partial charge in [0.05, 0.1) is 13.7 Å². The molecule has 2 aromatic carbocycles. The number of hydrogen-bond donors (Lipinski definition) is 4. The Labute approximate surface area is 173 Å². The highest BCUT2D eigenvalue weighted by molar-refractivity contribution is 6.31. The van der Waals surface area contributed by atoms with Crippen molar-refractivity contribution < 1.29 is 34.6 Å². The largest absolute Gasteiger partial charge is 0.497 e. The van der Waals surface area contributed by atoms with Gasteiger partial charge in [-0.05, 0) is 41.3 Å². The lowest BCUT2D eigenvalue weighted by molar-refractivity contribution is -0.287. The fourth-order valence-electron chi connectivity index (χ4n) is 3.93. The van der Waals surface area contributed by atoms with Crippen molar-refractivity contribution in [1.29, 1.82) is 0 Å². The Morgan fingerprint density at radius 1 is 1.00 bits per heavy atom. The Hall–Kier alpha value is -1.71. The van der Waals surface area contributed by atoms with Crippen molar-refractivity contribution in [3.63, 3.8) is 0 Å². The predicted molar refractivity (Wildman–Crippen MR) is 104 cm³/mol. The molecule has 1 fully saturated rings. The van der Waals surface area contributed by atoms with Crippen molar-refractivity contribution in [3.05, 3.63) is 63.7 Å². The number of aliphatic hydroxyl groups excluding tert-OH is 4. The molecule has 0 bridgehead atoms. The quantitative estimate of drug-likeness (QED) is 0.591. The summed E-state index contributed by atoms with van der Waals surface area (Å²) in [4.78, 5) is 0. The first-order valence-corrected chi connectivity index (χ1v) is 9.72. The molecule has 2 aliphatic heterocycles. The summed E-state index contributed by atoms with van der Waals surface area (Å²) in [6.07, 6.45) is -6.08. The van der Waals surface area contributed by atoms with Crippen LogP contribution in [0.25, 0.3) is 0 Å². The zero-order valence-corrected chi connectivity index (χ0v) is 16.5. The third kappa shape index (κ3) is 3.75. The molecule has 29 heavy (non-hydrogen) atoms. The van der Waals surface area contributed by atoms with Gasteiger partial charge in [-0.1, -0.05) is 29.8 Å². The van der Waals surface area contributed by atoms with Crippen LogP contribution in [0.15, 0.2) is 36.4 Å². The molecule has 1 saturated heterocycles. The van der Waals surface area contributed by atoms with Crippen molar-refractivity contribution >= 4 is 11.6 Å². The highest BCUT2D eigenvalue weighted by atomic mass is 35.5. The van der Waals surface area contributed by atoms with Gasteiger partial charge in [-0.25, -0.2) is 0 Å². The van der Waals surface area contributed by atoms with E-state index in [-0.39, 0.29) is 0 Å². The second kappa shape index (κ2) is 8.20. The van der Waals surface area contributed by atoms with Gasteiger partial charge in [0.15, 0.2) is 6.29 Å². The Balaban J connectivity index is 1.69. The lowest BCUT2D eigenvalue weighted by atomic mass is 9.85. The van der Waals surface area contributed by atoms with E-state index in [1.165, 1.54) is 0 Å². The molecule has 4 N–H and O–H groups in total. The molecule has 0 aliphatic carbocycles. The van der Waals surface area contributed by atoms with Crippen molar-refractivity contribution in [2.24, 2.45) is 0 Å². The summed E-state index contributed by atoms with van der Waals surface area (Å²) in [5.74, 6) is 0.756. The zero-order chi connectivity index (χ0) is 20.7. The van der Waals surface area contributed by atoms with Crippen LogP contribution in [0.5, 0.6) is 5.75 Å². The Morgan fingerprint density at radius 2 is 1.72 bits per heavy atom. The SMILES string of the molecule is COc1ccc(Cc2cc3c(cc2Cl)C(O)OC2C3OC(CO)C(O)C2O)cc1. The maximum absolute atomic E-state index is 10.4. The zero-order valence-electron chi connectivity index (χ0n) is 15.7. The van der Waals surface area contributed by atoms with Gasteiger partial charge in [-0.3, -0.25) is 0 Å². The van der Waals surface area contributed by atoms with E-state index < -0.39 is 43.4 Å². The maximum atomic E-state index is 10.4. The number of aliphatic hydroxyl groups is 4. The van der Waals surface area contributed by atoms with E-state index in [1.54, 1.807) is 13.2 Å². The standard InChI is InChI=1S/C21H23ClO7/c1-27-12-4-2-10(3-5-12)6-11-7-13-14(8-15(11)22)21(26)29-20-18(25)17(24)16(9-23)28-19(13)20/h2-5,7-8,16-21,23-26H,6,9H2,1H3. The Kier molecular flexibility index (Phi) is 5.81. The third-order valence-corrected chi connectivity index (χ3v) is 5.88. The number of benzene rings is 2. The van der Waals surface area contributed by atoms with Crippen LogP contribution in [-0.4, -0.2) is 58.6 Å². The second-order valence-corrected chi connectivity index (χ2v) is 7.72. The lowest BCUT2D eigenvalue weighted by Crippen LogP contribution is -2.57. The van der Waals surface area contributed by atoms with Crippen LogP contribution in [0.1, 0.15) is 34.6 Å². The molecule has 2 heterocycles. The van der Waals surface area contributed by atoms with E-state index in [2.05, 4.69) is 0 Å². The van der Waals surface area contributed by atoms with Gasteiger partial charge in [0, 0.05) is 10.6 Å². The van der Waals surface area contributed by atoms with Gasteiger partial charge < -0.3 is 34.6 Å². The summed E-state index contributed by atoms with van der Waals surface area (Å²) in [5, 5.41) is 40.9. The molecule has 2 aliphatic rings. The summed E-state index contributed by atoms with van der Waals surface area (Å²) >= 11 is 6.46. The minimum Gasteiger partial charge on any atom is -0.497 e. The molecular formula is C21H23ClO7. The number of methoxy groups -OCH3 is 1. The van der Waals surface area contributed by atoms with Crippen LogP contribution in [-0.2, 0) is 15.9 Å². The Morgan fingerprint density at radius 3 is 2.38 bits per heavy atom. The molecule has 0 amide bonds. The van der Waals surface area contributed by atoms with Gasteiger partial charge in [-0.15, -0.1) is 0 Å². The van der Waals surface area contributed by atoms with Crippen LogP contribution in [0.2, 0.25) is 5.02 Å². The van der Waals surface area contributed by atoms with Crippen molar-refractivity contribution in [3.8, 4) is 5.75 Å². The number of rotatable bonds is 4. The number of ether oxygens (including phenoxy) is 3. The van der Waals surface area contributed by atoms with E-state index in [0.717, 1.165) is 16.9 Å². The minimum absolute atomic E-state index is 0.440.